The van der Waals surface area contributed by atoms with E-state index in [1.165, 1.54) is 154 Å². The van der Waals surface area contributed by atoms with Gasteiger partial charge in [0.1, 0.15) is 6.10 Å². The topological polar surface area (TPSA) is 117 Å². The normalized spacial score (nSPS) is 13.7. The number of hydrogen-bond donors (Lipinski definition) is 2. The minimum Gasteiger partial charge on any atom is -0.457 e. The fraction of sp³-hybridized carbons (Fsp3) is 0.851. The molecule has 0 heterocycles. The predicted octanol–water partition coefficient (Wildman–Crippen LogP) is 14.2. The Morgan fingerprint density at radius 2 is 0.946 bits per heavy atom. The largest absolute Gasteiger partial charge is 0.472 e. The summed E-state index contributed by atoms with van der Waals surface area (Å²) in [6.07, 6.45) is 51.6. The fourth-order valence-electron chi connectivity index (χ4n) is 6.55. The summed E-state index contributed by atoms with van der Waals surface area (Å²) in [6.45, 7) is 4.91. The number of carbonyl (C=O) groups is 1. The molecule has 8 nitrogen and oxygen atoms in total. The number of unbranched alkanes of at least 4 members (excludes halogenated alkanes) is 26. The number of nitrogens with two attached hydrogens (primary N) is 1. The quantitative estimate of drug-likeness (QED) is 0.0270. The summed E-state index contributed by atoms with van der Waals surface area (Å²) in [5.74, 6) is -0.338. The second kappa shape index (κ2) is 44.8. The highest BCUT2D eigenvalue weighted by Gasteiger charge is 2.25. The van der Waals surface area contributed by atoms with Crippen LogP contribution in [0.25, 0.3) is 0 Å². The molecule has 0 aliphatic rings. The minimum atomic E-state index is -4.28. The molecule has 56 heavy (non-hydrogen) atoms. The Morgan fingerprint density at radius 3 is 1.43 bits per heavy atom. The minimum absolute atomic E-state index is 0.0975. The lowest BCUT2D eigenvalue weighted by Gasteiger charge is -2.20. The molecule has 0 amide bonds. The van der Waals surface area contributed by atoms with Gasteiger partial charge in [0, 0.05) is 19.6 Å². The Labute approximate surface area is 346 Å². The molecule has 0 rings (SSSR count). The van der Waals surface area contributed by atoms with Crippen LogP contribution >= 0.6 is 7.82 Å². The van der Waals surface area contributed by atoms with E-state index in [2.05, 4.69) is 50.3 Å². The molecule has 0 radical (unpaired) electrons. The Bertz CT molecular complexity index is 957. The maximum atomic E-state index is 12.6. The van der Waals surface area contributed by atoms with Crippen LogP contribution in [-0.2, 0) is 27.9 Å². The Balaban J connectivity index is 4.00. The molecule has 0 aromatic rings. The van der Waals surface area contributed by atoms with Gasteiger partial charge in [-0.1, -0.05) is 179 Å². The van der Waals surface area contributed by atoms with Gasteiger partial charge in [0.25, 0.3) is 0 Å². The SMILES string of the molecule is CCCCCC/C=C\C/C=C\CCCCCCCCCC(=O)OC(COCCCCCCCCCC/C=C\CCCCCCCCC)COP(=O)(O)OCCN. The van der Waals surface area contributed by atoms with Gasteiger partial charge in [-0.05, 0) is 70.6 Å². The summed E-state index contributed by atoms with van der Waals surface area (Å²) in [5.41, 5.74) is 5.38. The molecule has 0 saturated carbocycles. The molecule has 0 aromatic heterocycles. The molecule has 0 spiro atoms. The zero-order valence-corrected chi connectivity index (χ0v) is 37.5. The van der Waals surface area contributed by atoms with E-state index in [9.17, 15) is 14.3 Å². The molecule has 2 atom stereocenters. The van der Waals surface area contributed by atoms with Gasteiger partial charge in [-0.25, -0.2) is 4.57 Å². The number of carbonyl (C=O) groups excluding carboxylic acids is 1. The molecule has 9 heteroatoms. The predicted molar refractivity (Wildman–Crippen MR) is 238 cm³/mol. The van der Waals surface area contributed by atoms with Crippen LogP contribution < -0.4 is 5.73 Å². The van der Waals surface area contributed by atoms with Gasteiger partial charge in [0.05, 0.1) is 19.8 Å². The molecule has 0 aliphatic heterocycles. The van der Waals surface area contributed by atoms with Gasteiger partial charge in [-0.3, -0.25) is 13.8 Å². The van der Waals surface area contributed by atoms with Crippen molar-refractivity contribution in [1.29, 1.82) is 0 Å². The second-order valence-electron chi connectivity index (χ2n) is 15.6. The van der Waals surface area contributed by atoms with Crippen LogP contribution in [0, 0.1) is 0 Å². The van der Waals surface area contributed by atoms with Crippen LogP contribution in [-0.4, -0.2) is 49.9 Å². The zero-order chi connectivity index (χ0) is 40.9. The van der Waals surface area contributed by atoms with Crippen LogP contribution in [0.15, 0.2) is 36.5 Å². The van der Waals surface area contributed by atoms with E-state index in [1.54, 1.807) is 0 Å². The summed E-state index contributed by atoms with van der Waals surface area (Å²) in [5, 5.41) is 0. The van der Waals surface area contributed by atoms with E-state index in [0.29, 0.717) is 13.0 Å². The molecule has 2 unspecified atom stereocenters. The van der Waals surface area contributed by atoms with E-state index in [1.807, 2.05) is 0 Å². The van der Waals surface area contributed by atoms with Gasteiger partial charge < -0.3 is 20.1 Å². The summed E-state index contributed by atoms with van der Waals surface area (Å²) >= 11 is 0. The lowest BCUT2D eigenvalue weighted by molar-refractivity contribution is -0.154. The molecular formula is C47H90NO7P. The molecule has 0 saturated heterocycles. The van der Waals surface area contributed by atoms with E-state index >= 15 is 0 Å². The molecule has 330 valence electrons. The molecule has 0 aliphatic carbocycles. The Hall–Kier alpha value is -1.28. The van der Waals surface area contributed by atoms with Crippen molar-refractivity contribution in [3.8, 4) is 0 Å². The van der Waals surface area contributed by atoms with Crippen molar-refractivity contribution >= 4 is 13.8 Å². The third-order valence-electron chi connectivity index (χ3n) is 10.0. The highest BCUT2D eigenvalue weighted by atomic mass is 31.2. The van der Waals surface area contributed by atoms with Crippen LogP contribution in [0.1, 0.15) is 219 Å². The number of allylic oxidation sites excluding steroid dienone is 6. The van der Waals surface area contributed by atoms with E-state index in [-0.39, 0.29) is 32.3 Å². The second-order valence-corrected chi connectivity index (χ2v) is 17.1. The Morgan fingerprint density at radius 1 is 0.536 bits per heavy atom. The first kappa shape index (κ1) is 54.7. The van der Waals surface area contributed by atoms with Crippen molar-refractivity contribution in [3.05, 3.63) is 36.5 Å². The number of phosphoric ester groups is 1. The van der Waals surface area contributed by atoms with Crippen LogP contribution in [0.3, 0.4) is 0 Å². The first-order valence-electron chi connectivity index (χ1n) is 23.5. The van der Waals surface area contributed by atoms with E-state index < -0.39 is 13.9 Å². The fourth-order valence-corrected chi connectivity index (χ4v) is 7.32. The van der Waals surface area contributed by atoms with Crippen LogP contribution in [0.4, 0.5) is 0 Å². The van der Waals surface area contributed by atoms with Gasteiger partial charge in [0.2, 0.25) is 0 Å². The molecule has 3 N–H and O–H groups in total. The summed E-state index contributed by atoms with van der Waals surface area (Å²) in [6, 6.07) is 0. The van der Waals surface area contributed by atoms with Crippen molar-refractivity contribution in [2.75, 3.05) is 33.0 Å². The number of rotatable bonds is 45. The standard InChI is InChI=1S/C47H90NO7P/c1-3-5-7-9-11-13-15-17-19-21-23-25-27-29-31-33-35-37-39-42-52-44-46(45-54-56(50,51)53-43-41-48)55-47(49)40-38-36-34-32-30-28-26-24-22-20-18-16-14-12-10-8-6-4-2/h14,16,19-22,46H,3-13,15,17-18,23-45,48H2,1-2H3,(H,50,51)/b16-14-,21-19-,22-20-. The van der Waals surface area contributed by atoms with Gasteiger partial charge in [0.15, 0.2) is 0 Å². The lowest BCUT2D eigenvalue weighted by atomic mass is 10.1. The van der Waals surface area contributed by atoms with Crippen molar-refractivity contribution in [1.82, 2.24) is 0 Å². The smallest absolute Gasteiger partial charge is 0.457 e. The average Bonchev–Trinajstić information content (AvgIpc) is 3.19. The van der Waals surface area contributed by atoms with Crippen molar-refractivity contribution in [2.45, 2.75) is 225 Å². The number of ether oxygens (including phenoxy) is 2. The monoisotopic (exact) mass is 812 g/mol. The first-order chi connectivity index (χ1) is 27.4. The summed E-state index contributed by atoms with van der Waals surface area (Å²) in [7, 11) is -4.28. The van der Waals surface area contributed by atoms with Gasteiger partial charge in [-0.2, -0.15) is 0 Å². The number of esters is 1. The summed E-state index contributed by atoms with van der Waals surface area (Å²) in [4.78, 5) is 22.5. The Kier molecular flexibility index (Phi) is 43.8. The lowest BCUT2D eigenvalue weighted by Crippen LogP contribution is -2.28. The van der Waals surface area contributed by atoms with E-state index in [0.717, 1.165) is 44.9 Å². The highest BCUT2D eigenvalue weighted by molar-refractivity contribution is 7.47. The zero-order valence-electron chi connectivity index (χ0n) is 36.6. The highest BCUT2D eigenvalue weighted by Crippen LogP contribution is 2.43. The van der Waals surface area contributed by atoms with Crippen LogP contribution in [0.5, 0.6) is 0 Å². The maximum absolute atomic E-state index is 12.6. The van der Waals surface area contributed by atoms with Gasteiger partial charge in [-0.15, -0.1) is 0 Å². The number of phosphoric acid groups is 1. The van der Waals surface area contributed by atoms with Crippen LogP contribution in [0.2, 0.25) is 0 Å². The number of hydrogen-bond acceptors (Lipinski definition) is 7. The third-order valence-corrected chi connectivity index (χ3v) is 11.0. The molecule has 0 aromatic carbocycles. The van der Waals surface area contributed by atoms with Crippen molar-refractivity contribution in [3.63, 3.8) is 0 Å². The van der Waals surface area contributed by atoms with Crippen molar-refractivity contribution < 1.29 is 32.8 Å². The van der Waals surface area contributed by atoms with Crippen molar-refractivity contribution in [2.24, 2.45) is 5.73 Å². The van der Waals surface area contributed by atoms with Gasteiger partial charge >= 0.3 is 13.8 Å². The average molecular weight is 812 g/mol. The molecular weight excluding hydrogens is 721 g/mol. The maximum Gasteiger partial charge on any atom is 0.472 e. The molecule has 0 bridgehead atoms. The summed E-state index contributed by atoms with van der Waals surface area (Å²) < 4.78 is 33.5. The molecule has 0 fully saturated rings. The first-order valence-corrected chi connectivity index (χ1v) is 25.0. The van der Waals surface area contributed by atoms with E-state index in [4.69, 9.17) is 24.3 Å². The third kappa shape index (κ3) is 43.8.